The van der Waals surface area contributed by atoms with Gasteiger partial charge in [-0.3, -0.25) is 19.2 Å². The maximum atomic E-state index is 13.0. The Morgan fingerprint density at radius 1 is 1.14 bits per heavy atom. The van der Waals surface area contributed by atoms with Crippen LogP contribution in [0.2, 0.25) is 0 Å². The predicted molar refractivity (Wildman–Crippen MR) is 104 cm³/mol. The van der Waals surface area contributed by atoms with E-state index in [0.717, 1.165) is 5.56 Å². The average Bonchev–Trinajstić information content (AvgIpc) is 3.04. The van der Waals surface area contributed by atoms with E-state index >= 15 is 0 Å². The molecule has 2 heterocycles. The van der Waals surface area contributed by atoms with Crippen LogP contribution in [-0.2, 0) is 14.4 Å². The van der Waals surface area contributed by atoms with E-state index in [0.29, 0.717) is 5.56 Å². The quantitative estimate of drug-likeness (QED) is 0.676. The number of hydrogen-bond donors (Lipinski definition) is 3. The number of aliphatic carboxylic acids is 1. The van der Waals surface area contributed by atoms with E-state index in [2.05, 4.69) is 10.6 Å². The highest BCUT2D eigenvalue weighted by Crippen LogP contribution is 2.56. The molecule has 3 rings (SSSR count). The summed E-state index contributed by atoms with van der Waals surface area (Å²) >= 11 is 1.54. The Morgan fingerprint density at radius 3 is 2.43 bits per heavy atom. The fraction of sp³-hybridized carbons (Fsp3) is 0.474. The Labute approximate surface area is 167 Å². The first-order chi connectivity index (χ1) is 13.0. The molecule has 1 aromatic carbocycles. The molecule has 2 aliphatic heterocycles. The Kier molecular flexibility index (Phi) is 5.14. The lowest BCUT2D eigenvalue weighted by Crippen LogP contribution is -2.57. The summed E-state index contributed by atoms with van der Waals surface area (Å²) in [4.78, 5) is 50.6. The molecule has 3 amide bonds. The van der Waals surface area contributed by atoms with Crippen molar-refractivity contribution in [2.45, 2.75) is 55.9 Å². The lowest BCUT2D eigenvalue weighted by molar-refractivity contribution is -0.141. The number of nitrogens with one attached hydrogen (secondary N) is 2. The van der Waals surface area contributed by atoms with Gasteiger partial charge in [0.05, 0.1) is 0 Å². The lowest BCUT2D eigenvalue weighted by Gasteiger charge is -2.30. The number of hydrogen-bond acceptors (Lipinski definition) is 5. The summed E-state index contributed by atoms with van der Waals surface area (Å²) in [5.41, 5.74) is 1.48. The van der Waals surface area contributed by atoms with Crippen LogP contribution in [0.4, 0.5) is 0 Å². The monoisotopic (exact) mass is 405 g/mol. The minimum absolute atomic E-state index is 0.199. The summed E-state index contributed by atoms with van der Waals surface area (Å²) in [6.45, 7) is 6.62. The number of fused-ring (bicyclic) bond motifs is 3. The van der Waals surface area contributed by atoms with Crippen LogP contribution in [-0.4, -0.2) is 56.6 Å². The van der Waals surface area contributed by atoms with E-state index in [4.69, 9.17) is 5.11 Å². The molecule has 1 aromatic rings. The molecule has 1 saturated heterocycles. The topological polar surface area (TPSA) is 116 Å². The molecule has 0 bridgehead atoms. The second-order valence-electron chi connectivity index (χ2n) is 7.57. The number of carboxylic acid groups (broad SMARTS) is 1. The van der Waals surface area contributed by atoms with Gasteiger partial charge < -0.3 is 20.6 Å². The standard InChI is InChI=1S/C19H23N3O5S/c1-9(14(23)21-10(2)18(26)27)20-15(24)13-19(3,4)28-17-12-8-6-5-7-11(12)16(25)22(13)17/h5-10,13,17H,1-4H3,(H,20,24)(H,21,23)(H,26,27)/t9-,10+,13+,17?/m0/s1. The minimum atomic E-state index is -1.16. The van der Waals surface area contributed by atoms with Gasteiger partial charge in [-0.05, 0) is 39.3 Å². The van der Waals surface area contributed by atoms with Gasteiger partial charge in [0, 0.05) is 10.3 Å². The van der Waals surface area contributed by atoms with Crippen molar-refractivity contribution in [3.8, 4) is 0 Å². The molecule has 28 heavy (non-hydrogen) atoms. The van der Waals surface area contributed by atoms with Gasteiger partial charge >= 0.3 is 5.97 Å². The Balaban J connectivity index is 1.77. The number of amides is 3. The van der Waals surface area contributed by atoms with Gasteiger partial charge in [0.25, 0.3) is 5.91 Å². The Bertz CT molecular complexity index is 856. The van der Waals surface area contributed by atoms with E-state index in [9.17, 15) is 19.2 Å². The SMILES string of the molecule is C[C@H](NC(=O)[C@H]1N2C(=O)c3ccccc3C2SC1(C)C)C(=O)N[C@H](C)C(=O)O. The number of carbonyl (C=O) groups is 4. The summed E-state index contributed by atoms with van der Waals surface area (Å²) in [6.07, 6.45) is 0. The van der Waals surface area contributed by atoms with Gasteiger partial charge in [-0.15, -0.1) is 11.8 Å². The van der Waals surface area contributed by atoms with Gasteiger partial charge in [0.1, 0.15) is 23.5 Å². The van der Waals surface area contributed by atoms with Gasteiger partial charge in [-0.2, -0.15) is 0 Å². The van der Waals surface area contributed by atoms with Crippen molar-refractivity contribution >= 4 is 35.5 Å². The molecule has 3 N–H and O–H groups in total. The van der Waals surface area contributed by atoms with Crippen molar-refractivity contribution in [1.82, 2.24) is 15.5 Å². The number of nitrogens with zero attached hydrogens (tertiary/aromatic N) is 1. The molecule has 8 nitrogen and oxygen atoms in total. The average molecular weight is 405 g/mol. The minimum Gasteiger partial charge on any atom is -0.480 e. The maximum Gasteiger partial charge on any atom is 0.325 e. The van der Waals surface area contributed by atoms with Crippen LogP contribution < -0.4 is 10.6 Å². The summed E-state index contributed by atoms with van der Waals surface area (Å²) in [7, 11) is 0. The van der Waals surface area contributed by atoms with E-state index in [1.54, 1.807) is 17.0 Å². The fourth-order valence-electron chi connectivity index (χ4n) is 3.56. The van der Waals surface area contributed by atoms with Gasteiger partial charge in [0.2, 0.25) is 11.8 Å². The van der Waals surface area contributed by atoms with Crippen LogP contribution in [0.5, 0.6) is 0 Å². The second kappa shape index (κ2) is 7.12. The molecular weight excluding hydrogens is 382 g/mol. The van der Waals surface area contributed by atoms with Crippen molar-refractivity contribution in [2.24, 2.45) is 0 Å². The molecule has 0 radical (unpaired) electrons. The van der Waals surface area contributed by atoms with Crippen molar-refractivity contribution in [2.75, 3.05) is 0 Å². The molecule has 0 spiro atoms. The molecule has 9 heteroatoms. The summed E-state index contributed by atoms with van der Waals surface area (Å²) < 4.78 is -0.553. The fourth-order valence-corrected chi connectivity index (χ4v) is 5.15. The third kappa shape index (κ3) is 3.34. The summed E-state index contributed by atoms with van der Waals surface area (Å²) in [6, 6.07) is 4.55. The van der Waals surface area contributed by atoms with Crippen molar-refractivity contribution in [3.63, 3.8) is 0 Å². The third-order valence-corrected chi connectivity index (χ3v) is 6.56. The predicted octanol–water partition coefficient (Wildman–Crippen LogP) is 1.13. The van der Waals surface area contributed by atoms with Crippen LogP contribution in [0, 0.1) is 0 Å². The number of carboxylic acids is 1. The molecule has 1 fully saturated rings. The van der Waals surface area contributed by atoms with E-state index < -0.39 is 40.7 Å². The van der Waals surface area contributed by atoms with Crippen LogP contribution >= 0.6 is 11.8 Å². The number of rotatable bonds is 5. The van der Waals surface area contributed by atoms with Crippen LogP contribution in [0.3, 0.4) is 0 Å². The normalized spacial score (nSPS) is 24.1. The van der Waals surface area contributed by atoms with E-state index in [-0.39, 0.29) is 11.3 Å². The first kappa shape index (κ1) is 20.2. The van der Waals surface area contributed by atoms with E-state index in [1.165, 1.54) is 25.6 Å². The first-order valence-corrected chi connectivity index (χ1v) is 9.85. The maximum absolute atomic E-state index is 13.0. The molecule has 1 unspecified atom stereocenters. The van der Waals surface area contributed by atoms with Crippen molar-refractivity contribution < 1.29 is 24.3 Å². The van der Waals surface area contributed by atoms with Gasteiger partial charge in [-0.25, -0.2) is 0 Å². The molecule has 150 valence electrons. The number of thioether (sulfide) groups is 1. The summed E-state index contributed by atoms with van der Waals surface area (Å²) in [5.74, 6) is -2.40. The third-order valence-electron chi connectivity index (χ3n) is 5.03. The van der Waals surface area contributed by atoms with Gasteiger partial charge in [-0.1, -0.05) is 18.2 Å². The van der Waals surface area contributed by atoms with Crippen LogP contribution in [0.15, 0.2) is 24.3 Å². The Morgan fingerprint density at radius 2 is 1.79 bits per heavy atom. The lowest BCUT2D eigenvalue weighted by atomic mass is 10.0. The Hall–Kier alpha value is -2.55. The first-order valence-electron chi connectivity index (χ1n) is 8.97. The number of benzene rings is 1. The van der Waals surface area contributed by atoms with E-state index in [1.807, 2.05) is 26.0 Å². The van der Waals surface area contributed by atoms with Gasteiger partial charge in [0.15, 0.2) is 0 Å². The molecule has 0 aliphatic carbocycles. The molecule has 4 atom stereocenters. The molecule has 0 aromatic heterocycles. The largest absolute Gasteiger partial charge is 0.480 e. The highest BCUT2D eigenvalue weighted by atomic mass is 32.2. The molecule has 0 saturated carbocycles. The molecular formula is C19H23N3O5S. The van der Waals surface area contributed by atoms with Crippen LogP contribution in [0.25, 0.3) is 0 Å². The summed E-state index contributed by atoms with van der Waals surface area (Å²) in [5, 5.41) is 13.6. The zero-order valence-corrected chi connectivity index (χ0v) is 16.9. The highest BCUT2D eigenvalue weighted by molar-refractivity contribution is 8.01. The highest BCUT2D eigenvalue weighted by Gasteiger charge is 2.57. The van der Waals surface area contributed by atoms with Crippen molar-refractivity contribution in [1.29, 1.82) is 0 Å². The zero-order valence-electron chi connectivity index (χ0n) is 16.1. The smallest absolute Gasteiger partial charge is 0.325 e. The number of carbonyl (C=O) groups excluding carboxylic acids is 3. The van der Waals surface area contributed by atoms with Crippen molar-refractivity contribution in [3.05, 3.63) is 35.4 Å². The van der Waals surface area contributed by atoms with Crippen LogP contribution in [0.1, 0.15) is 49.0 Å². The molecule has 2 aliphatic rings. The zero-order chi connectivity index (χ0) is 20.8. The second-order valence-corrected chi connectivity index (χ2v) is 9.31.